The van der Waals surface area contributed by atoms with Crippen molar-refractivity contribution in [3.8, 4) is 0 Å². The van der Waals surface area contributed by atoms with E-state index >= 15 is 0 Å². The van der Waals surface area contributed by atoms with E-state index in [1.807, 2.05) is 19.0 Å². The molecule has 2 aromatic rings. The zero-order chi connectivity index (χ0) is 20.5. The Morgan fingerprint density at radius 1 is 1.32 bits per heavy atom. The number of aromatic nitrogens is 2. The molecule has 6 nitrogen and oxygen atoms in total. The fourth-order valence-electron chi connectivity index (χ4n) is 3.53. The third kappa shape index (κ3) is 4.20. The highest BCUT2D eigenvalue weighted by molar-refractivity contribution is 5.96. The molecule has 152 valence electrons. The summed E-state index contributed by atoms with van der Waals surface area (Å²) in [6.45, 7) is 0.980. The summed E-state index contributed by atoms with van der Waals surface area (Å²) in [6, 6.07) is 4.36. The van der Waals surface area contributed by atoms with Crippen molar-refractivity contribution in [1.82, 2.24) is 19.6 Å². The Morgan fingerprint density at radius 3 is 2.64 bits per heavy atom. The smallest absolute Gasteiger partial charge is 0.373 e. The van der Waals surface area contributed by atoms with Crippen molar-refractivity contribution >= 4 is 5.91 Å². The molecule has 1 aliphatic heterocycles. The third-order valence-corrected chi connectivity index (χ3v) is 4.69. The van der Waals surface area contributed by atoms with Crippen LogP contribution in [0.15, 0.2) is 36.7 Å². The first-order valence-electron chi connectivity index (χ1n) is 8.90. The van der Waals surface area contributed by atoms with Crippen LogP contribution in [-0.2, 0) is 18.0 Å². The predicted molar refractivity (Wildman–Crippen MR) is 96.7 cm³/mol. The molecule has 1 amide bonds. The van der Waals surface area contributed by atoms with Gasteiger partial charge < -0.3 is 14.5 Å². The maximum Gasteiger partial charge on any atom is 0.417 e. The van der Waals surface area contributed by atoms with Crippen LogP contribution in [0.5, 0.6) is 0 Å². The van der Waals surface area contributed by atoms with Crippen LogP contribution in [0.4, 0.5) is 13.2 Å². The summed E-state index contributed by atoms with van der Waals surface area (Å²) < 4.78 is 47.8. The highest BCUT2D eigenvalue weighted by Gasteiger charge is 2.41. The number of hydrogen-bond acceptors (Lipinski definition) is 4. The molecular weight excluding hydrogens is 373 g/mol. The van der Waals surface area contributed by atoms with Gasteiger partial charge in [-0.3, -0.25) is 9.48 Å². The number of carbonyl (C=O) groups excluding carboxylic acids is 1. The molecule has 28 heavy (non-hydrogen) atoms. The number of morpholine rings is 1. The molecule has 1 saturated heterocycles. The van der Waals surface area contributed by atoms with E-state index in [0.29, 0.717) is 6.54 Å². The number of halogens is 3. The minimum atomic E-state index is -4.61. The average Bonchev–Trinajstić information content (AvgIpc) is 3.05. The Labute approximate surface area is 161 Å². The molecule has 9 heteroatoms. The molecule has 0 radical (unpaired) electrons. The second-order valence-corrected chi connectivity index (χ2v) is 7.11. The lowest BCUT2D eigenvalue weighted by Crippen LogP contribution is -2.51. The molecule has 0 bridgehead atoms. The molecule has 1 aromatic carbocycles. The Balaban J connectivity index is 2.02. The zero-order valence-electron chi connectivity index (χ0n) is 16.0. The number of aryl methyl sites for hydroxylation is 1. The van der Waals surface area contributed by atoms with Gasteiger partial charge in [0.25, 0.3) is 5.91 Å². The number of ether oxygens (including phenoxy) is 1. The van der Waals surface area contributed by atoms with E-state index in [2.05, 4.69) is 5.10 Å². The summed E-state index contributed by atoms with van der Waals surface area (Å²) in [5.41, 5.74) is -0.554. The monoisotopic (exact) mass is 396 g/mol. The number of amides is 1. The quantitative estimate of drug-likeness (QED) is 0.797. The van der Waals surface area contributed by atoms with Crippen molar-refractivity contribution in [1.29, 1.82) is 0 Å². The summed E-state index contributed by atoms with van der Waals surface area (Å²) in [6.07, 6.45) is -1.60. The van der Waals surface area contributed by atoms with E-state index in [1.165, 1.54) is 23.1 Å². The first-order chi connectivity index (χ1) is 13.2. The summed E-state index contributed by atoms with van der Waals surface area (Å²) in [7, 11) is 5.51. The molecule has 0 N–H and O–H groups in total. The Hall–Kier alpha value is -2.39. The van der Waals surface area contributed by atoms with Gasteiger partial charge in [0, 0.05) is 31.9 Å². The van der Waals surface area contributed by atoms with E-state index in [1.54, 1.807) is 24.1 Å². The number of hydrogen-bond donors (Lipinski definition) is 0. The van der Waals surface area contributed by atoms with E-state index in [-0.39, 0.29) is 24.8 Å². The van der Waals surface area contributed by atoms with Crippen LogP contribution < -0.4 is 0 Å². The molecule has 0 unspecified atom stereocenters. The summed E-state index contributed by atoms with van der Waals surface area (Å²) >= 11 is 0. The third-order valence-electron chi connectivity index (χ3n) is 4.69. The Morgan fingerprint density at radius 2 is 2.04 bits per heavy atom. The number of rotatable bonds is 4. The molecule has 3 rings (SSSR count). The molecule has 1 aromatic heterocycles. The van der Waals surface area contributed by atoms with Gasteiger partial charge in [0.05, 0.1) is 36.1 Å². The van der Waals surface area contributed by atoms with Crippen LogP contribution in [0.3, 0.4) is 0 Å². The maximum absolute atomic E-state index is 13.4. The fourth-order valence-corrected chi connectivity index (χ4v) is 3.53. The van der Waals surface area contributed by atoms with Crippen molar-refractivity contribution < 1.29 is 22.7 Å². The lowest BCUT2D eigenvalue weighted by atomic mass is 9.98. The zero-order valence-corrected chi connectivity index (χ0v) is 16.0. The maximum atomic E-state index is 13.4. The van der Waals surface area contributed by atoms with Crippen LogP contribution in [0.2, 0.25) is 0 Å². The Bertz CT molecular complexity index is 835. The van der Waals surface area contributed by atoms with Gasteiger partial charge in [-0.05, 0) is 26.2 Å². The van der Waals surface area contributed by atoms with Crippen LogP contribution in [-0.4, -0.2) is 65.4 Å². The normalized spacial score (nSPS) is 20.6. The van der Waals surface area contributed by atoms with Gasteiger partial charge in [0.1, 0.15) is 0 Å². The molecule has 0 saturated carbocycles. The van der Waals surface area contributed by atoms with E-state index < -0.39 is 23.7 Å². The van der Waals surface area contributed by atoms with Crippen molar-refractivity contribution in [3.05, 3.63) is 53.3 Å². The first kappa shape index (κ1) is 20.3. The van der Waals surface area contributed by atoms with Crippen molar-refractivity contribution in [2.24, 2.45) is 7.05 Å². The van der Waals surface area contributed by atoms with Crippen molar-refractivity contribution in [3.63, 3.8) is 0 Å². The summed E-state index contributed by atoms with van der Waals surface area (Å²) in [5, 5.41) is 4.16. The van der Waals surface area contributed by atoms with Crippen molar-refractivity contribution in [2.45, 2.75) is 18.3 Å². The molecule has 2 heterocycles. The lowest BCUT2D eigenvalue weighted by Gasteiger charge is -2.42. The average molecular weight is 396 g/mol. The summed E-state index contributed by atoms with van der Waals surface area (Å²) in [5.74, 6) is -0.658. The highest BCUT2D eigenvalue weighted by atomic mass is 19.4. The highest BCUT2D eigenvalue weighted by Crippen LogP contribution is 2.35. The number of carbonyl (C=O) groups is 1. The SMILES string of the molecule is CN(C)C[C@@H]1OCCN(C(=O)c2ccccc2C(F)(F)F)[C@H]1c1cnn(C)c1. The van der Waals surface area contributed by atoms with E-state index in [0.717, 1.165) is 11.6 Å². The molecule has 0 aliphatic carbocycles. The summed E-state index contributed by atoms with van der Waals surface area (Å²) in [4.78, 5) is 16.6. The fraction of sp³-hybridized carbons (Fsp3) is 0.474. The molecule has 1 aliphatic rings. The number of alkyl halides is 3. The van der Waals surface area contributed by atoms with E-state index in [4.69, 9.17) is 4.74 Å². The van der Waals surface area contributed by atoms with Crippen molar-refractivity contribution in [2.75, 3.05) is 33.8 Å². The Kier molecular flexibility index (Phi) is 5.76. The van der Waals surface area contributed by atoms with Crippen LogP contribution in [0.25, 0.3) is 0 Å². The van der Waals surface area contributed by atoms with Gasteiger partial charge in [-0.15, -0.1) is 0 Å². The molecule has 1 fully saturated rings. The molecular formula is C19H23F3N4O2. The van der Waals surface area contributed by atoms with Crippen LogP contribution >= 0.6 is 0 Å². The lowest BCUT2D eigenvalue weighted by molar-refractivity contribution is -0.138. The molecule has 0 spiro atoms. The molecule has 2 atom stereocenters. The largest absolute Gasteiger partial charge is 0.417 e. The predicted octanol–water partition coefficient (Wildman–Crippen LogP) is 2.58. The second-order valence-electron chi connectivity index (χ2n) is 7.11. The minimum Gasteiger partial charge on any atom is -0.373 e. The number of benzene rings is 1. The standard InChI is InChI=1S/C19H23F3N4O2/c1-24(2)12-16-17(13-10-23-25(3)11-13)26(8-9-28-16)18(27)14-6-4-5-7-15(14)19(20,21)22/h4-7,10-11,16-17H,8-9,12H2,1-3H3/t16-,17-/m0/s1. The number of nitrogens with zero attached hydrogens (tertiary/aromatic N) is 4. The van der Waals surface area contributed by atoms with Gasteiger partial charge in [-0.25, -0.2) is 0 Å². The second kappa shape index (κ2) is 7.92. The first-order valence-corrected chi connectivity index (χ1v) is 8.90. The van der Waals surface area contributed by atoms with Crippen LogP contribution in [0.1, 0.15) is 27.5 Å². The van der Waals surface area contributed by atoms with Gasteiger partial charge in [0.15, 0.2) is 0 Å². The van der Waals surface area contributed by atoms with Gasteiger partial charge >= 0.3 is 6.18 Å². The van der Waals surface area contributed by atoms with Gasteiger partial charge in [-0.2, -0.15) is 18.3 Å². The number of likely N-dealkylation sites (N-methyl/N-ethyl adjacent to an activating group) is 1. The van der Waals surface area contributed by atoms with Gasteiger partial charge in [-0.1, -0.05) is 12.1 Å². The minimum absolute atomic E-state index is 0.203. The van der Waals surface area contributed by atoms with E-state index in [9.17, 15) is 18.0 Å². The topological polar surface area (TPSA) is 50.6 Å². The van der Waals surface area contributed by atoms with Crippen LogP contribution in [0, 0.1) is 0 Å². The van der Waals surface area contributed by atoms with Gasteiger partial charge in [0.2, 0.25) is 0 Å².